The maximum Gasteiger partial charge on any atom is 0.314 e. The van der Waals surface area contributed by atoms with Crippen LogP contribution in [0, 0.1) is 12.3 Å². The minimum atomic E-state index is -0.803. The normalized spacial score (nSPS) is 17.6. The van der Waals surface area contributed by atoms with Crippen LogP contribution in [-0.2, 0) is 16.0 Å². The number of carbonyl (C=O) groups is 1. The zero-order valence-electron chi connectivity index (χ0n) is 9.97. The third-order valence-corrected chi connectivity index (χ3v) is 3.31. The van der Waals surface area contributed by atoms with Crippen molar-refractivity contribution in [2.45, 2.75) is 13.3 Å². The molecule has 5 heteroatoms. The van der Waals surface area contributed by atoms with E-state index < -0.39 is 11.4 Å². The minimum absolute atomic E-state index is 0.274. The van der Waals surface area contributed by atoms with Gasteiger partial charge in [-0.05, 0) is 24.1 Å². The standard InChI is InChI=1S/C13H13NO4/c1-8-14-10-3-2-9(4-11(10)18-8)5-13(12(15)16)6-17-7-13/h2-4H,5-7H2,1H3,(H,15,16). The van der Waals surface area contributed by atoms with Crippen LogP contribution in [0.25, 0.3) is 11.1 Å². The fraction of sp³-hybridized carbons (Fsp3) is 0.385. The van der Waals surface area contributed by atoms with Gasteiger partial charge in [0.05, 0.1) is 13.2 Å². The van der Waals surface area contributed by atoms with Gasteiger partial charge in [-0.3, -0.25) is 4.79 Å². The van der Waals surface area contributed by atoms with Gasteiger partial charge in [-0.15, -0.1) is 0 Å². The van der Waals surface area contributed by atoms with Gasteiger partial charge in [-0.25, -0.2) is 4.98 Å². The number of benzene rings is 1. The Morgan fingerprint density at radius 2 is 2.28 bits per heavy atom. The van der Waals surface area contributed by atoms with Crippen LogP contribution in [-0.4, -0.2) is 29.3 Å². The molecule has 1 aliphatic heterocycles. The lowest BCUT2D eigenvalue weighted by molar-refractivity contribution is -0.179. The van der Waals surface area contributed by atoms with Crippen molar-refractivity contribution in [3.63, 3.8) is 0 Å². The summed E-state index contributed by atoms with van der Waals surface area (Å²) in [6.45, 7) is 2.34. The zero-order valence-corrected chi connectivity index (χ0v) is 9.97. The fourth-order valence-electron chi connectivity index (χ4n) is 2.23. The first-order valence-electron chi connectivity index (χ1n) is 5.76. The van der Waals surface area contributed by atoms with Gasteiger partial charge in [-0.1, -0.05) is 6.07 Å². The number of fused-ring (bicyclic) bond motifs is 1. The molecule has 0 aliphatic carbocycles. The van der Waals surface area contributed by atoms with Crippen molar-refractivity contribution in [3.05, 3.63) is 29.7 Å². The molecule has 1 aromatic carbocycles. The van der Waals surface area contributed by atoms with Crippen molar-refractivity contribution < 1.29 is 19.1 Å². The summed E-state index contributed by atoms with van der Waals surface area (Å²) in [4.78, 5) is 15.5. The molecule has 0 atom stereocenters. The van der Waals surface area contributed by atoms with E-state index in [1.165, 1.54) is 0 Å². The smallest absolute Gasteiger partial charge is 0.314 e. The van der Waals surface area contributed by atoms with E-state index in [-0.39, 0.29) is 13.2 Å². The van der Waals surface area contributed by atoms with Crippen molar-refractivity contribution in [3.8, 4) is 0 Å². The van der Waals surface area contributed by atoms with Gasteiger partial charge in [0.15, 0.2) is 11.5 Å². The van der Waals surface area contributed by atoms with Crippen molar-refractivity contribution >= 4 is 17.1 Å². The Labute approximate surface area is 103 Å². The molecular weight excluding hydrogens is 234 g/mol. The van der Waals surface area contributed by atoms with E-state index in [0.29, 0.717) is 17.9 Å². The van der Waals surface area contributed by atoms with Crippen LogP contribution in [0.5, 0.6) is 0 Å². The Morgan fingerprint density at radius 3 is 2.89 bits per heavy atom. The van der Waals surface area contributed by atoms with Gasteiger partial charge >= 0.3 is 5.97 Å². The van der Waals surface area contributed by atoms with E-state index in [2.05, 4.69) is 4.98 Å². The highest BCUT2D eigenvalue weighted by molar-refractivity contribution is 5.77. The number of hydrogen-bond acceptors (Lipinski definition) is 4. The molecule has 0 bridgehead atoms. The first-order valence-corrected chi connectivity index (χ1v) is 5.76. The fourth-order valence-corrected chi connectivity index (χ4v) is 2.23. The second kappa shape index (κ2) is 3.81. The summed E-state index contributed by atoms with van der Waals surface area (Å²) in [7, 11) is 0. The predicted molar refractivity (Wildman–Crippen MR) is 63.3 cm³/mol. The summed E-state index contributed by atoms with van der Waals surface area (Å²) >= 11 is 0. The third kappa shape index (κ3) is 1.67. The topological polar surface area (TPSA) is 72.6 Å². The van der Waals surface area contributed by atoms with E-state index in [0.717, 1.165) is 11.1 Å². The van der Waals surface area contributed by atoms with Gasteiger partial charge in [0.25, 0.3) is 0 Å². The summed E-state index contributed by atoms with van der Waals surface area (Å²) in [6, 6.07) is 5.61. The van der Waals surface area contributed by atoms with E-state index in [1.807, 2.05) is 18.2 Å². The Kier molecular flexibility index (Phi) is 2.38. The number of rotatable bonds is 3. The molecule has 1 saturated heterocycles. The molecule has 1 fully saturated rings. The summed E-state index contributed by atoms with van der Waals surface area (Å²) in [5.41, 5.74) is 1.66. The summed E-state index contributed by atoms with van der Waals surface area (Å²) in [6.07, 6.45) is 0.456. The SMILES string of the molecule is Cc1nc2ccc(CC3(C(=O)O)COC3)cc2o1. The van der Waals surface area contributed by atoms with Gasteiger partial charge in [0.1, 0.15) is 10.9 Å². The molecule has 0 spiro atoms. The molecule has 1 aliphatic rings. The second-order valence-corrected chi connectivity index (χ2v) is 4.79. The molecule has 18 heavy (non-hydrogen) atoms. The maximum atomic E-state index is 11.3. The molecule has 2 aromatic rings. The highest BCUT2D eigenvalue weighted by atomic mass is 16.5. The Balaban J connectivity index is 1.92. The van der Waals surface area contributed by atoms with Crippen LogP contribution in [0.2, 0.25) is 0 Å². The Bertz CT molecular complexity index is 612. The van der Waals surface area contributed by atoms with Crippen molar-refractivity contribution in [2.24, 2.45) is 5.41 Å². The lowest BCUT2D eigenvalue weighted by atomic mass is 9.80. The molecule has 5 nitrogen and oxygen atoms in total. The van der Waals surface area contributed by atoms with E-state index >= 15 is 0 Å². The molecule has 0 saturated carbocycles. The van der Waals surface area contributed by atoms with E-state index in [9.17, 15) is 9.90 Å². The highest BCUT2D eigenvalue weighted by Gasteiger charge is 2.46. The monoisotopic (exact) mass is 247 g/mol. The quantitative estimate of drug-likeness (QED) is 0.895. The molecule has 1 N–H and O–H groups in total. The van der Waals surface area contributed by atoms with Crippen LogP contribution in [0.1, 0.15) is 11.5 Å². The summed E-state index contributed by atoms with van der Waals surface area (Å²) in [5.74, 6) is -0.190. The molecular formula is C13H13NO4. The number of carboxylic acid groups (broad SMARTS) is 1. The van der Waals surface area contributed by atoms with Crippen LogP contribution in [0.15, 0.2) is 22.6 Å². The summed E-state index contributed by atoms with van der Waals surface area (Å²) < 4.78 is 10.5. The Morgan fingerprint density at radius 1 is 1.50 bits per heavy atom. The highest BCUT2D eigenvalue weighted by Crippen LogP contribution is 2.33. The van der Waals surface area contributed by atoms with Crippen molar-refractivity contribution in [1.29, 1.82) is 0 Å². The Hall–Kier alpha value is -1.88. The molecule has 1 aromatic heterocycles. The number of nitrogens with zero attached hydrogens (tertiary/aromatic N) is 1. The maximum absolute atomic E-state index is 11.3. The summed E-state index contributed by atoms with van der Waals surface area (Å²) in [5, 5.41) is 9.25. The number of ether oxygens (including phenoxy) is 1. The molecule has 0 radical (unpaired) electrons. The average molecular weight is 247 g/mol. The number of oxazole rings is 1. The van der Waals surface area contributed by atoms with E-state index in [1.54, 1.807) is 6.92 Å². The minimum Gasteiger partial charge on any atom is -0.481 e. The number of hydrogen-bond donors (Lipinski definition) is 1. The molecule has 94 valence electrons. The van der Waals surface area contributed by atoms with Gasteiger partial charge in [0, 0.05) is 6.92 Å². The number of aromatic nitrogens is 1. The third-order valence-electron chi connectivity index (χ3n) is 3.31. The molecule has 3 rings (SSSR count). The van der Waals surface area contributed by atoms with E-state index in [4.69, 9.17) is 9.15 Å². The van der Waals surface area contributed by atoms with Crippen LogP contribution >= 0.6 is 0 Å². The first kappa shape index (κ1) is 11.2. The lowest BCUT2D eigenvalue weighted by Gasteiger charge is -2.37. The van der Waals surface area contributed by atoms with Crippen molar-refractivity contribution in [2.75, 3.05) is 13.2 Å². The van der Waals surface area contributed by atoms with Crippen LogP contribution in [0.4, 0.5) is 0 Å². The molecule has 0 amide bonds. The van der Waals surface area contributed by atoms with Crippen LogP contribution < -0.4 is 0 Å². The van der Waals surface area contributed by atoms with Crippen LogP contribution in [0.3, 0.4) is 0 Å². The number of carboxylic acids is 1. The number of aryl methyl sites for hydroxylation is 1. The zero-order chi connectivity index (χ0) is 12.8. The predicted octanol–water partition coefficient (Wildman–Crippen LogP) is 1.78. The average Bonchev–Trinajstić information content (AvgIpc) is 2.62. The van der Waals surface area contributed by atoms with Crippen molar-refractivity contribution in [1.82, 2.24) is 4.98 Å². The molecule has 2 heterocycles. The lowest BCUT2D eigenvalue weighted by Crippen LogP contribution is -2.50. The first-order chi connectivity index (χ1) is 8.59. The second-order valence-electron chi connectivity index (χ2n) is 4.79. The largest absolute Gasteiger partial charge is 0.481 e. The van der Waals surface area contributed by atoms with Gasteiger partial charge in [-0.2, -0.15) is 0 Å². The van der Waals surface area contributed by atoms with Gasteiger partial charge < -0.3 is 14.3 Å². The van der Waals surface area contributed by atoms with Gasteiger partial charge in [0.2, 0.25) is 0 Å². The number of aliphatic carboxylic acids is 1. The molecule has 0 unspecified atom stereocenters.